The number of hydrogen-bond acceptors (Lipinski definition) is 3. The van der Waals surface area contributed by atoms with Gasteiger partial charge in [-0.15, -0.1) is 0 Å². The molecule has 0 saturated carbocycles. The number of nitrogens with zero attached hydrogens (tertiary/aromatic N) is 2. The second-order valence-electron chi connectivity index (χ2n) is 5.10. The standard InChI is InChI=1S/C18H18N2O2/c21-18-14-19-13-15-7-4-5-10-17(15)20(18)11-6-12-22-16-8-2-1-3-9-16/h1-5,7-10,14H,6,11-13H2. The van der Waals surface area contributed by atoms with Crippen molar-refractivity contribution in [1.82, 2.24) is 0 Å². The number of carbonyl (C=O) groups excluding carboxylic acids is 1. The molecule has 3 rings (SSSR count). The lowest BCUT2D eigenvalue weighted by Crippen LogP contribution is -2.33. The first-order valence-corrected chi connectivity index (χ1v) is 7.42. The molecule has 2 aromatic rings. The van der Waals surface area contributed by atoms with Crippen LogP contribution in [0.25, 0.3) is 0 Å². The van der Waals surface area contributed by atoms with Crippen molar-refractivity contribution in [2.45, 2.75) is 13.0 Å². The Morgan fingerprint density at radius 1 is 1.05 bits per heavy atom. The van der Waals surface area contributed by atoms with Crippen molar-refractivity contribution >= 4 is 17.8 Å². The molecule has 1 aliphatic rings. The second-order valence-corrected chi connectivity index (χ2v) is 5.10. The number of anilines is 1. The number of ether oxygens (including phenoxy) is 1. The van der Waals surface area contributed by atoms with E-state index in [-0.39, 0.29) is 5.91 Å². The lowest BCUT2D eigenvalue weighted by Gasteiger charge is -2.22. The Labute approximate surface area is 130 Å². The minimum absolute atomic E-state index is 0.0651. The third-order valence-corrected chi connectivity index (χ3v) is 3.55. The molecule has 0 atom stereocenters. The average Bonchev–Trinajstić information content (AvgIpc) is 2.71. The fourth-order valence-corrected chi connectivity index (χ4v) is 2.48. The molecule has 0 radical (unpaired) electrons. The Balaban J connectivity index is 1.61. The average molecular weight is 294 g/mol. The third kappa shape index (κ3) is 3.34. The van der Waals surface area contributed by atoms with Crippen LogP contribution in [0.3, 0.4) is 0 Å². The summed E-state index contributed by atoms with van der Waals surface area (Å²) in [5.74, 6) is 0.788. The normalized spacial score (nSPS) is 13.6. The zero-order valence-electron chi connectivity index (χ0n) is 12.3. The van der Waals surface area contributed by atoms with Crippen LogP contribution in [0.4, 0.5) is 5.69 Å². The SMILES string of the molecule is O=C1C=NCc2ccccc2N1CCCOc1ccccc1. The van der Waals surface area contributed by atoms with Crippen LogP contribution in [0.5, 0.6) is 5.75 Å². The number of amides is 1. The lowest BCUT2D eigenvalue weighted by atomic mass is 10.1. The number of fused-ring (bicyclic) bond motifs is 1. The van der Waals surface area contributed by atoms with E-state index >= 15 is 0 Å². The zero-order chi connectivity index (χ0) is 15.2. The van der Waals surface area contributed by atoms with Crippen molar-refractivity contribution in [3.63, 3.8) is 0 Å². The molecule has 112 valence electrons. The maximum Gasteiger partial charge on any atom is 0.268 e. The summed E-state index contributed by atoms with van der Waals surface area (Å²) in [5.41, 5.74) is 2.03. The van der Waals surface area contributed by atoms with Crippen LogP contribution in [0.1, 0.15) is 12.0 Å². The Hall–Kier alpha value is -2.62. The molecule has 0 aliphatic carbocycles. The fourth-order valence-electron chi connectivity index (χ4n) is 2.48. The van der Waals surface area contributed by atoms with Crippen LogP contribution in [0, 0.1) is 0 Å². The predicted octanol–water partition coefficient (Wildman–Crippen LogP) is 3.07. The van der Waals surface area contributed by atoms with Crippen LogP contribution in [0.15, 0.2) is 59.6 Å². The minimum atomic E-state index is -0.0651. The highest BCUT2D eigenvalue weighted by Crippen LogP contribution is 2.23. The Kier molecular flexibility index (Phi) is 4.49. The first kappa shape index (κ1) is 14.3. The Morgan fingerprint density at radius 2 is 1.82 bits per heavy atom. The number of benzene rings is 2. The van der Waals surface area contributed by atoms with Crippen molar-refractivity contribution in [2.75, 3.05) is 18.1 Å². The molecule has 0 N–H and O–H groups in total. The van der Waals surface area contributed by atoms with Gasteiger partial charge in [0.2, 0.25) is 0 Å². The van der Waals surface area contributed by atoms with E-state index in [1.54, 1.807) is 4.90 Å². The summed E-state index contributed by atoms with van der Waals surface area (Å²) in [5, 5.41) is 0. The largest absolute Gasteiger partial charge is 0.494 e. The van der Waals surface area contributed by atoms with Gasteiger partial charge in [0.15, 0.2) is 0 Å². The van der Waals surface area contributed by atoms with Gasteiger partial charge in [0, 0.05) is 12.2 Å². The fraction of sp³-hybridized carbons (Fsp3) is 0.222. The van der Waals surface area contributed by atoms with Gasteiger partial charge in [-0.25, -0.2) is 0 Å². The van der Waals surface area contributed by atoms with Crippen LogP contribution in [0.2, 0.25) is 0 Å². The molecule has 4 nitrogen and oxygen atoms in total. The van der Waals surface area contributed by atoms with Gasteiger partial charge in [-0.3, -0.25) is 9.79 Å². The molecule has 0 bridgehead atoms. The lowest BCUT2D eigenvalue weighted by molar-refractivity contribution is -0.112. The highest BCUT2D eigenvalue weighted by atomic mass is 16.5. The number of rotatable bonds is 5. The van der Waals surface area contributed by atoms with Gasteiger partial charge in [-0.05, 0) is 30.2 Å². The number of para-hydroxylation sites is 2. The summed E-state index contributed by atoms with van der Waals surface area (Å²) < 4.78 is 5.68. The van der Waals surface area contributed by atoms with Gasteiger partial charge >= 0.3 is 0 Å². The summed E-state index contributed by atoms with van der Waals surface area (Å²) in [6.07, 6.45) is 2.18. The highest BCUT2D eigenvalue weighted by molar-refractivity contribution is 6.33. The van der Waals surface area contributed by atoms with Crippen molar-refractivity contribution in [1.29, 1.82) is 0 Å². The molecule has 4 heteroatoms. The summed E-state index contributed by atoms with van der Waals surface area (Å²) >= 11 is 0. The summed E-state index contributed by atoms with van der Waals surface area (Å²) in [6.45, 7) is 1.75. The van der Waals surface area contributed by atoms with E-state index in [2.05, 4.69) is 4.99 Å². The first-order valence-electron chi connectivity index (χ1n) is 7.42. The van der Waals surface area contributed by atoms with Crippen LogP contribution in [-0.2, 0) is 11.3 Å². The molecule has 0 aromatic heterocycles. The van der Waals surface area contributed by atoms with Gasteiger partial charge in [-0.2, -0.15) is 0 Å². The molecule has 1 amide bonds. The maximum atomic E-state index is 12.2. The quantitative estimate of drug-likeness (QED) is 0.795. The van der Waals surface area contributed by atoms with Crippen LogP contribution >= 0.6 is 0 Å². The van der Waals surface area contributed by atoms with E-state index in [1.165, 1.54) is 6.21 Å². The summed E-state index contributed by atoms with van der Waals surface area (Å²) in [4.78, 5) is 18.1. The van der Waals surface area contributed by atoms with Gasteiger partial charge < -0.3 is 9.64 Å². The van der Waals surface area contributed by atoms with E-state index in [0.29, 0.717) is 19.7 Å². The van der Waals surface area contributed by atoms with Gasteiger partial charge in [0.1, 0.15) is 5.75 Å². The number of aliphatic imine (C=N–C) groups is 1. The van der Waals surface area contributed by atoms with Crippen molar-refractivity contribution < 1.29 is 9.53 Å². The molecule has 2 aromatic carbocycles. The van der Waals surface area contributed by atoms with Crippen molar-refractivity contribution in [3.8, 4) is 5.75 Å². The van der Waals surface area contributed by atoms with Crippen LogP contribution < -0.4 is 9.64 Å². The molecule has 0 fully saturated rings. The molecular weight excluding hydrogens is 276 g/mol. The Morgan fingerprint density at radius 3 is 2.68 bits per heavy atom. The summed E-state index contributed by atoms with van der Waals surface area (Å²) in [7, 11) is 0. The molecule has 1 heterocycles. The van der Waals surface area contributed by atoms with Crippen molar-refractivity contribution in [2.24, 2.45) is 4.99 Å². The number of hydrogen-bond donors (Lipinski definition) is 0. The van der Waals surface area contributed by atoms with E-state index in [1.807, 2.05) is 54.6 Å². The van der Waals surface area contributed by atoms with Crippen molar-refractivity contribution in [3.05, 3.63) is 60.2 Å². The van der Waals surface area contributed by atoms with E-state index in [4.69, 9.17) is 4.74 Å². The monoisotopic (exact) mass is 294 g/mol. The second kappa shape index (κ2) is 6.89. The smallest absolute Gasteiger partial charge is 0.268 e. The van der Waals surface area contributed by atoms with Crippen LogP contribution in [-0.4, -0.2) is 25.3 Å². The highest BCUT2D eigenvalue weighted by Gasteiger charge is 2.18. The molecule has 1 aliphatic heterocycles. The predicted molar refractivity (Wildman–Crippen MR) is 87.5 cm³/mol. The molecule has 22 heavy (non-hydrogen) atoms. The Bertz CT molecular complexity index is 668. The molecule has 0 saturated heterocycles. The van der Waals surface area contributed by atoms with E-state index in [0.717, 1.165) is 23.4 Å². The third-order valence-electron chi connectivity index (χ3n) is 3.55. The topological polar surface area (TPSA) is 41.9 Å². The summed E-state index contributed by atoms with van der Waals surface area (Å²) in [6, 6.07) is 17.6. The first-order chi connectivity index (χ1) is 10.8. The van der Waals surface area contributed by atoms with E-state index < -0.39 is 0 Å². The van der Waals surface area contributed by atoms with Gasteiger partial charge in [0.05, 0.1) is 19.4 Å². The molecular formula is C18H18N2O2. The number of carbonyl (C=O) groups is 1. The van der Waals surface area contributed by atoms with Gasteiger partial charge in [-0.1, -0.05) is 36.4 Å². The van der Waals surface area contributed by atoms with Gasteiger partial charge in [0.25, 0.3) is 5.91 Å². The van der Waals surface area contributed by atoms with E-state index in [9.17, 15) is 4.79 Å². The maximum absolute atomic E-state index is 12.2. The molecule has 0 unspecified atom stereocenters. The minimum Gasteiger partial charge on any atom is -0.494 e. The zero-order valence-corrected chi connectivity index (χ0v) is 12.3. The molecule has 0 spiro atoms.